The highest BCUT2D eigenvalue weighted by molar-refractivity contribution is 5.39. The molecular formula is C15H17NO2. The topological polar surface area (TPSA) is 34.4 Å². The summed E-state index contributed by atoms with van der Waals surface area (Å²) in [7, 11) is 1.98. The number of ether oxygens (including phenoxy) is 1. The van der Waals surface area contributed by atoms with Gasteiger partial charge in [0.1, 0.15) is 11.5 Å². The molecule has 3 heteroatoms. The number of nitrogens with one attached hydrogen (secondary N) is 1. The molecule has 3 nitrogen and oxygen atoms in total. The van der Waals surface area contributed by atoms with Crippen LogP contribution in [0, 0.1) is 0 Å². The molecule has 2 heterocycles. The van der Waals surface area contributed by atoms with Crippen molar-refractivity contribution in [2.75, 3.05) is 13.7 Å². The van der Waals surface area contributed by atoms with Gasteiger partial charge in [-0.15, -0.1) is 0 Å². The summed E-state index contributed by atoms with van der Waals surface area (Å²) in [6.07, 6.45) is 2.73. The Bertz CT molecular complexity index is 507. The zero-order valence-corrected chi connectivity index (χ0v) is 10.4. The number of fused-ring (bicyclic) bond motifs is 1. The maximum absolute atomic E-state index is 5.71. The van der Waals surface area contributed by atoms with Crippen LogP contribution in [0.25, 0.3) is 0 Å². The third-order valence-corrected chi connectivity index (χ3v) is 3.57. The van der Waals surface area contributed by atoms with Gasteiger partial charge in [-0.3, -0.25) is 0 Å². The molecule has 1 N–H and O–H groups in total. The highest BCUT2D eigenvalue weighted by Crippen LogP contribution is 2.41. The summed E-state index contributed by atoms with van der Waals surface area (Å²) >= 11 is 0. The number of benzene rings is 1. The van der Waals surface area contributed by atoms with Crippen LogP contribution in [0.1, 0.15) is 29.7 Å². The Labute approximate surface area is 107 Å². The summed E-state index contributed by atoms with van der Waals surface area (Å²) in [6, 6.07) is 12.4. The zero-order chi connectivity index (χ0) is 12.4. The number of furan rings is 1. The molecular weight excluding hydrogens is 226 g/mol. The van der Waals surface area contributed by atoms with Crippen LogP contribution in [-0.2, 0) is 0 Å². The minimum atomic E-state index is 0.199. The van der Waals surface area contributed by atoms with Crippen LogP contribution in [0.3, 0.4) is 0 Å². The molecule has 0 amide bonds. The van der Waals surface area contributed by atoms with Gasteiger partial charge >= 0.3 is 0 Å². The van der Waals surface area contributed by atoms with Crippen molar-refractivity contribution in [3.05, 3.63) is 54.0 Å². The van der Waals surface area contributed by atoms with E-state index in [9.17, 15) is 0 Å². The Morgan fingerprint density at radius 1 is 1.22 bits per heavy atom. The van der Waals surface area contributed by atoms with Crippen LogP contribution < -0.4 is 10.1 Å². The lowest BCUT2D eigenvalue weighted by Crippen LogP contribution is -2.27. The van der Waals surface area contributed by atoms with E-state index in [1.54, 1.807) is 6.26 Å². The largest absolute Gasteiger partial charge is 0.493 e. The Morgan fingerprint density at radius 3 is 2.89 bits per heavy atom. The van der Waals surface area contributed by atoms with E-state index in [1.165, 1.54) is 5.56 Å². The smallest absolute Gasteiger partial charge is 0.122 e. The summed E-state index contributed by atoms with van der Waals surface area (Å²) in [6.45, 7) is 0.764. The van der Waals surface area contributed by atoms with E-state index in [4.69, 9.17) is 9.15 Å². The van der Waals surface area contributed by atoms with Crippen LogP contribution in [0.2, 0.25) is 0 Å². The van der Waals surface area contributed by atoms with Gasteiger partial charge in [0, 0.05) is 5.92 Å². The molecule has 94 valence electrons. The Kier molecular flexibility index (Phi) is 3.07. The van der Waals surface area contributed by atoms with Gasteiger partial charge in [0.2, 0.25) is 0 Å². The van der Waals surface area contributed by atoms with E-state index in [1.807, 2.05) is 31.3 Å². The average molecular weight is 243 g/mol. The molecule has 1 aromatic carbocycles. The lowest BCUT2D eigenvalue weighted by Gasteiger charge is -2.31. The fraction of sp³-hybridized carbons (Fsp3) is 0.333. The molecule has 18 heavy (non-hydrogen) atoms. The second kappa shape index (κ2) is 4.86. The highest BCUT2D eigenvalue weighted by Gasteiger charge is 2.30. The minimum Gasteiger partial charge on any atom is -0.493 e. The second-order valence-electron chi connectivity index (χ2n) is 4.56. The molecule has 3 rings (SSSR count). The molecule has 1 aliphatic rings. The number of hydrogen-bond acceptors (Lipinski definition) is 3. The average Bonchev–Trinajstić information content (AvgIpc) is 2.94. The van der Waals surface area contributed by atoms with Crippen molar-refractivity contribution in [2.45, 2.75) is 18.4 Å². The Morgan fingerprint density at radius 2 is 2.11 bits per heavy atom. The molecule has 2 unspecified atom stereocenters. The first-order valence-electron chi connectivity index (χ1n) is 6.32. The van der Waals surface area contributed by atoms with Crippen LogP contribution in [0.4, 0.5) is 0 Å². The molecule has 1 aromatic heterocycles. The third kappa shape index (κ3) is 1.91. The predicted octanol–water partition coefficient (Wildman–Crippen LogP) is 3.11. The van der Waals surface area contributed by atoms with E-state index < -0.39 is 0 Å². The summed E-state index contributed by atoms with van der Waals surface area (Å²) < 4.78 is 11.3. The number of rotatable bonds is 3. The van der Waals surface area contributed by atoms with Gasteiger partial charge in [-0.05, 0) is 37.2 Å². The van der Waals surface area contributed by atoms with Crippen LogP contribution >= 0.6 is 0 Å². The third-order valence-electron chi connectivity index (χ3n) is 3.57. The van der Waals surface area contributed by atoms with Gasteiger partial charge < -0.3 is 14.5 Å². The Hall–Kier alpha value is -1.74. The molecule has 1 aliphatic heterocycles. The maximum atomic E-state index is 5.71. The first kappa shape index (κ1) is 11.4. The number of para-hydroxylation sites is 1. The molecule has 0 fully saturated rings. The summed E-state index contributed by atoms with van der Waals surface area (Å²) in [4.78, 5) is 0. The highest BCUT2D eigenvalue weighted by atomic mass is 16.5. The molecule has 0 spiro atoms. The molecule has 2 aromatic rings. The normalized spacial score (nSPS) is 19.9. The second-order valence-corrected chi connectivity index (χ2v) is 4.56. The molecule has 0 aliphatic carbocycles. The fourth-order valence-electron chi connectivity index (χ4n) is 2.73. The SMILES string of the molecule is CNC(c1ccco1)C1CCOc2ccccc21. The molecule has 0 saturated carbocycles. The predicted molar refractivity (Wildman–Crippen MR) is 69.8 cm³/mol. The van der Waals surface area contributed by atoms with Crippen molar-refractivity contribution in [2.24, 2.45) is 0 Å². The van der Waals surface area contributed by atoms with E-state index in [-0.39, 0.29) is 6.04 Å². The lowest BCUT2D eigenvalue weighted by molar-refractivity contribution is 0.240. The lowest BCUT2D eigenvalue weighted by atomic mass is 9.85. The van der Waals surface area contributed by atoms with Gasteiger partial charge in [-0.2, -0.15) is 0 Å². The van der Waals surface area contributed by atoms with Gasteiger partial charge in [0.25, 0.3) is 0 Å². The fourth-order valence-corrected chi connectivity index (χ4v) is 2.73. The van der Waals surface area contributed by atoms with Crippen LogP contribution in [-0.4, -0.2) is 13.7 Å². The van der Waals surface area contributed by atoms with Gasteiger partial charge in [-0.25, -0.2) is 0 Å². The molecule has 0 bridgehead atoms. The quantitative estimate of drug-likeness (QED) is 0.899. The molecule has 0 saturated heterocycles. The van der Waals surface area contributed by atoms with E-state index in [2.05, 4.69) is 17.4 Å². The first-order chi connectivity index (χ1) is 8.90. The van der Waals surface area contributed by atoms with E-state index in [0.717, 1.165) is 24.5 Å². The number of likely N-dealkylation sites (N-methyl/N-ethyl adjacent to an activating group) is 1. The monoisotopic (exact) mass is 243 g/mol. The van der Waals surface area contributed by atoms with Gasteiger partial charge in [0.15, 0.2) is 0 Å². The first-order valence-corrected chi connectivity index (χ1v) is 6.32. The standard InChI is InChI=1S/C15H17NO2/c1-16-15(14-7-4-9-17-14)12-8-10-18-13-6-3-2-5-11(12)13/h2-7,9,12,15-16H,8,10H2,1H3. The molecule has 0 radical (unpaired) electrons. The summed E-state index contributed by atoms with van der Waals surface area (Å²) in [5.41, 5.74) is 1.26. The van der Waals surface area contributed by atoms with Crippen LogP contribution in [0.5, 0.6) is 5.75 Å². The van der Waals surface area contributed by atoms with Gasteiger partial charge in [0.05, 0.1) is 18.9 Å². The Balaban J connectivity index is 1.97. The zero-order valence-electron chi connectivity index (χ0n) is 10.4. The van der Waals surface area contributed by atoms with Crippen molar-refractivity contribution in [3.63, 3.8) is 0 Å². The van der Waals surface area contributed by atoms with E-state index >= 15 is 0 Å². The minimum absolute atomic E-state index is 0.199. The van der Waals surface area contributed by atoms with E-state index in [0.29, 0.717) is 5.92 Å². The van der Waals surface area contributed by atoms with Crippen molar-refractivity contribution in [1.82, 2.24) is 5.32 Å². The van der Waals surface area contributed by atoms with Crippen LogP contribution in [0.15, 0.2) is 47.1 Å². The summed E-state index contributed by atoms with van der Waals surface area (Å²) in [5, 5.41) is 3.37. The van der Waals surface area contributed by atoms with Crippen molar-refractivity contribution in [3.8, 4) is 5.75 Å². The molecule has 2 atom stereocenters. The van der Waals surface area contributed by atoms with Crippen molar-refractivity contribution >= 4 is 0 Å². The van der Waals surface area contributed by atoms with Gasteiger partial charge in [-0.1, -0.05) is 18.2 Å². The van der Waals surface area contributed by atoms with Crippen molar-refractivity contribution in [1.29, 1.82) is 0 Å². The number of hydrogen-bond donors (Lipinski definition) is 1. The maximum Gasteiger partial charge on any atom is 0.122 e. The van der Waals surface area contributed by atoms with Crippen molar-refractivity contribution < 1.29 is 9.15 Å². The summed E-state index contributed by atoms with van der Waals surface area (Å²) in [5.74, 6) is 2.38.